The van der Waals surface area contributed by atoms with Crippen molar-refractivity contribution >= 4 is 45.8 Å². The number of nitrogens with zero attached hydrogens (tertiary/aromatic N) is 2. The number of nitrogens with one attached hydrogen (secondary N) is 3. The van der Waals surface area contributed by atoms with Gasteiger partial charge >= 0.3 is 0 Å². The zero-order valence-corrected chi connectivity index (χ0v) is 25.8. The number of aromatic amines is 1. The maximum absolute atomic E-state index is 13.6. The van der Waals surface area contributed by atoms with Crippen molar-refractivity contribution in [1.82, 2.24) is 25.2 Å². The third-order valence-electron chi connectivity index (χ3n) is 8.31. The summed E-state index contributed by atoms with van der Waals surface area (Å²) in [6, 6.07) is 10.3. The summed E-state index contributed by atoms with van der Waals surface area (Å²) in [7, 11) is 0. The maximum atomic E-state index is 13.6. The number of H-pyrrole nitrogens is 1. The van der Waals surface area contributed by atoms with Gasteiger partial charge in [-0.1, -0.05) is 18.2 Å². The molecule has 1 aliphatic rings. The SMILES string of the molecule is CSc1cc(C)[nH]c(=O)c1CNC(=O)c1c(C)n([C@H](C)C2CCC(NC(=O)c3csc(C)n3)CC2)c2ccccc12. The third kappa shape index (κ3) is 5.99. The van der Waals surface area contributed by atoms with Crippen LogP contribution in [0.2, 0.25) is 0 Å². The molecule has 0 bridgehead atoms. The Bertz CT molecular complexity index is 1650. The van der Waals surface area contributed by atoms with Crippen molar-refractivity contribution in [2.24, 2.45) is 5.92 Å². The molecular formula is C31H37N5O3S2. The molecule has 1 aliphatic carbocycles. The largest absolute Gasteiger partial charge is 0.348 e. The highest BCUT2D eigenvalue weighted by molar-refractivity contribution is 7.98. The second kappa shape index (κ2) is 12.2. The monoisotopic (exact) mass is 591 g/mol. The van der Waals surface area contributed by atoms with Crippen LogP contribution in [0.4, 0.5) is 0 Å². The second-order valence-corrected chi connectivity index (χ2v) is 12.8. The number of aromatic nitrogens is 3. The Hall–Kier alpha value is -3.37. The van der Waals surface area contributed by atoms with E-state index < -0.39 is 0 Å². The number of aryl methyl sites for hydroxylation is 2. The van der Waals surface area contributed by atoms with Gasteiger partial charge in [-0.2, -0.15) is 0 Å². The standard InChI is InChI=1S/C31H37N5O3S2/c1-17-14-27(40-5)24(29(37)33-17)15-32-31(39)28-19(3)36(26-9-7-6-8-23(26)28)18(2)21-10-12-22(13-11-21)35-30(38)25-16-41-20(4)34-25/h6-9,14,16,18,21-22H,10-13,15H2,1-5H3,(H,32,39)(H,33,37)(H,35,38)/t18-,21?,22?/m1/s1. The van der Waals surface area contributed by atoms with Crippen molar-refractivity contribution in [2.75, 3.05) is 6.26 Å². The van der Waals surface area contributed by atoms with Crippen LogP contribution in [0.15, 0.2) is 45.4 Å². The summed E-state index contributed by atoms with van der Waals surface area (Å²) >= 11 is 2.99. The molecule has 5 rings (SSSR count). The summed E-state index contributed by atoms with van der Waals surface area (Å²) in [5, 5.41) is 9.81. The van der Waals surface area contributed by atoms with E-state index in [9.17, 15) is 14.4 Å². The minimum absolute atomic E-state index is 0.0916. The Morgan fingerprint density at radius 3 is 2.56 bits per heavy atom. The lowest BCUT2D eigenvalue weighted by Gasteiger charge is -2.34. The Morgan fingerprint density at radius 1 is 1.15 bits per heavy atom. The number of rotatable bonds is 8. The number of carbonyl (C=O) groups excluding carboxylic acids is 2. The molecule has 41 heavy (non-hydrogen) atoms. The first-order chi connectivity index (χ1) is 19.7. The van der Waals surface area contributed by atoms with Crippen LogP contribution in [0, 0.1) is 26.7 Å². The second-order valence-electron chi connectivity index (χ2n) is 10.9. The number of thiazole rings is 1. The lowest BCUT2D eigenvalue weighted by atomic mass is 9.81. The van der Waals surface area contributed by atoms with Gasteiger partial charge in [0.25, 0.3) is 17.4 Å². The molecule has 3 heterocycles. The van der Waals surface area contributed by atoms with Gasteiger partial charge in [0.2, 0.25) is 0 Å². The fraction of sp³-hybridized carbons (Fsp3) is 0.419. The van der Waals surface area contributed by atoms with Gasteiger partial charge in [0.1, 0.15) is 5.69 Å². The number of fused-ring (bicyclic) bond motifs is 1. The lowest BCUT2D eigenvalue weighted by Crippen LogP contribution is -2.38. The quantitative estimate of drug-likeness (QED) is 0.221. The van der Waals surface area contributed by atoms with Crippen LogP contribution >= 0.6 is 23.1 Å². The average Bonchev–Trinajstić information content (AvgIpc) is 3.52. The molecule has 8 nitrogen and oxygen atoms in total. The van der Waals surface area contributed by atoms with E-state index in [4.69, 9.17) is 0 Å². The van der Waals surface area contributed by atoms with E-state index in [0.29, 0.717) is 22.7 Å². The minimum atomic E-state index is -0.180. The Balaban J connectivity index is 1.32. The van der Waals surface area contributed by atoms with Gasteiger partial charge in [-0.3, -0.25) is 14.4 Å². The molecule has 3 aromatic heterocycles. The lowest BCUT2D eigenvalue weighted by molar-refractivity contribution is 0.0912. The smallest absolute Gasteiger partial charge is 0.270 e. The molecule has 1 fully saturated rings. The van der Waals surface area contributed by atoms with E-state index in [1.54, 1.807) is 0 Å². The summed E-state index contributed by atoms with van der Waals surface area (Å²) in [4.78, 5) is 46.9. The third-order valence-corrected chi connectivity index (χ3v) is 9.88. The van der Waals surface area contributed by atoms with E-state index in [0.717, 1.165) is 57.9 Å². The molecule has 0 radical (unpaired) electrons. The molecule has 10 heteroatoms. The van der Waals surface area contributed by atoms with Gasteiger partial charge in [-0.25, -0.2) is 4.98 Å². The number of benzene rings is 1. The van der Waals surface area contributed by atoms with E-state index in [2.05, 4.69) is 38.2 Å². The van der Waals surface area contributed by atoms with Crippen LogP contribution in [0.25, 0.3) is 10.9 Å². The average molecular weight is 592 g/mol. The normalized spacial score (nSPS) is 17.9. The Morgan fingerprint density at radius 2 is 1.88 bits per heavy atom. The Kier molecular flexibility index (Phi) is 8.70. The molecule has 2 amide bonds. The number of carbonyl (C=O) groups is 2. The number of hydrogen-bond acceptors (Lipinski definition) is 6. The van der Waals surface area contributed by atoms with Crippen LogP contribution in [0.5, 0.6) is 0 Å². The molecule has 1 atom stereocenters. The molecule has 216 valence electrons. The number of thioether (sulfide) groups is 1. The summed E-state index contributed by atoms with van der Waals surface area (Å²) in [5.74, 6) is 0.150. The van der Waals surface area contributed by atoms with Gasteiger partial charge in [-0.05, 0) is 77.7 Å². The topological polar surface area (TPSA) is 109 Å². The molecule has 1 saturated carbocycles. The van der Waals surface area contributed by atoms with Crippen molar-refractivity contribution in [3.05, 3.63) is 79.3 Å². The Labute approximate surface area is 248 Å². The van der Waals surface area contributed by atoms with E-state index in [1.165, 1.54) is 23.1 Å². The van der Waals surface area contributed by atoms with E-state index >= 15 is 0 Å². The van der Waals surface area contributed by atoms with E-state index in [-0.39, 0.29) is 36.0 Å². The first-order valence-electron chi connectivity index (χ1n) is 14.1. The minimum Gasteiger partial charge on any atom is -0.348 e. The van der Waals surface area contributed by atoms with Crippen molar-refractivity contribution in [2.45, 2.75) is 76.9 Å². The number of amides is 2. The van der Waals surface area contributed by atoms with Gasteiger partial charge in [0.05, 0.1) is 10.6 Å². The fourth-order valence-corrected chi connectivity index (χ4v) is 7.48. The molecule has 0 unspecified atom stereocenters. The van der Waals surface area contributed by atoms with E-state index in [1.807, 2.05) is 56.7 Å². The zero-order chi connectivity index (χ0) is 29.3. The van der Waals surface area contributed by atoms with Gasteiger partial charge < -0.3 is 20.2 Å². The summed E-state index contributed by atoms with van der Waals surface area (Å²) in [6.45, 7) is 8.17. The zero-order valence-electron chi connectivity index (χ0n) is 24.2. The van der Waals surface area contributed by atoms with Crippen molar-refractivity contribution in [3.63, 3.8) is 0 Å². The molecule has 0 saturated heterocycles. The van der Waals surface area contributed by atoms with Gasteiger partial charge in [-0.15, -0.1) is 23.1 Å². The highest BCUT2D eigenvalue weighted by Gasteiger charge is 2.30. The maximum Gasteiger partial charge on any atom is 0.270 e. The first kappa shape index (κ1) is 29.1. The fourth-order valence-electron chi connectivity index (χ4n) is 6.18. The summed E-state index contributed by atoms with van der Waals surface area (Å²) < 4.78 is 2.30. The summed E-state index contributed by atoms with van der Waals surface area (Å²) in [6.07, 6.45) is 5.74. The van der Waals surface area contributed by atoms with Gasteiger partial charge in [0, 0.05) is 56.8 Å². The highest BCUT2D eigenvalue weighted by atomic mass is 32.2. The molecular weight excluding hydrogens is 555 g/mol. The predicted octanol–water partition coefficient (Wildman–Crippen LogP) is 5.91. The first-order valence-corrected chi connectivity index (χ1v) is 16.2. The molecule has 0 spiro atoms. The van der Waals surface area contributed by atoms with Crippen LogP contribution in [0.3, 0.4) is 0 Å². The molecule has 3 N–H and O–H groups in total. The van der Waals surface area contributed by atoms with Crippen molar-refractivity contribution in [1.29, 1.82) is 0 Å². The summed E-state index contributed by atoms with van der Waals surface area (Å²) in [5.41, 5.74) is 4.31. The van der Waals surface area contributed by atoms with Crippen LogP contribution in [-0.4, -0.2) is 38.6 Å². The number of para-hydroxylation sites is 1. The van der Waals surface area contributed by atoms with Crippen molar-refractivity contribution < 1.29 is 9.59 Å². The number of hydrogen-bond donors (Lipinski definition) is 3. The van der Waals surface area contributed by atoms with Crippen LogP contribution < -0.4 is 16.2 Å². The number of pyridine rings is 1. The predicted molar refractivity (Wildman–Crippen MR) is 166 cm³/mol. The van der Waals surface area contributed by atoms with Crippen LogP contribution in [-0.2, 0) is 6.54 Å². The van der Waals surface area contributed by atoms with Crippen LogP contribution in [0.1, 0.15) is 81.5 Å². The molecule has 4 aromatic rings. The highest BCUT2D eigenvalue weighted by Crippen LogP contribution is 2.38. The van der Waals surface area contributed by atoms with Crippen molar-refractivity contribution in [3.8, 4) is 0 Å². The molecule has 1 aromatic carbocycles. The van der Waals surface area contributed by atoms with Gasteiger partial charge in [0.15, 0.2) is 0 Å². The molecule has 0 aliphatic heterocycles.